The molecule has 0 bridgehead atoms. The zero-order chi connectivity index (χ0) is 26.6. The van der Waals surface area contributed by atoms with E-state index in [1.807, 2.05) is 39.8 Å². The highest BCUT2D eigenvalue weighted by molar-refractivity contribution is 5.48. The van der Waals surface area contributed by atoms with E-state index in [0.717, 1.165) is 29.7 Å². The highest BCUT2D eigenvalue weighted by Crippen LogP contribution is 2.41. The Morgan fingerprint density at radius 1 is 0.714 bits per heavy atom. The van der Waals surface area contributed by atoms with Crippen LogP contribution in [0.4, 0.5) is 0 Å². The first kappa shape index (κ1) is 29.2. The van der Waals surface area contributed by atoms with Gasteiger partial charge in [0.1, 0.15) is 30.8 Å². The van der Waals surface area contributed by atoms with Gasteiger partial charge >= 0.3 is 0 Å². The molecule has 0 amide bonds. The van der Waals surface area contributed by atoms with E-state index in [4.69, 9.17) is 9.47 Å². The predicted molar refractivity (Wildman–Crippen MR) is 142 cm³/mol. The molecule has 0 aliphatic heterocycles. The molecule has 0 aromatic heterocycles. The third-order valence-corrected chi connectivity index (χ3v) is 7.27. The lowest BCUT2D eigenvalue weighted by molar-refractivity contribution is -0.0662. The molecule has 0 fully saturated rings. The van der Waals surface area contributed by atoms with Crippen molar-refractivity contribution in [3.05, 3.63) is 58.7 Å². The van der Waals surface area contributed by atoms with Gasteiger partial charge in [0.25, 0.3) is 0 Å². The number of aryl methyl sites for hydroxylation is 2. The zero-order valence-corrected chi connectivity index (χ0v) is 23.1. The van der Waals surface area contributed by atoms with Crippen molar-refractivity contribution in [3.8, 4) is 11.5 Å². The summed E-state index contributed by atoms with van der Waals surface area (Å²) in [7, 11) is 0. The SMILES string of the molecule is CCC(CC)(c1ccc(OC[C@@H](O)C(C)(C)O)c(C)c1)c1ccc(OC[C@H](O)C(C)(C)C)c(C)c1. The standard InChI is InChI=1S/C30H46O5/c1-10-30(11-2,22-12-14-24(20(3)16-22)34-18-26(31)28(5,6)7)23-13-15-25(21(4)17-23)35-19-27(32)29(8,9)33/h12-17,26-27,31-33H,10-11,18-19H2,1-9H3/t26-,27+/m0/s1. The number of hydrogen-bond donors (Lipinski definition) is 3. The average molecular weight is 487 g/mol. The maximum Gasteiger partial charge on any atom is 0.122 e. The van der Waals surface area contributed by atoms with E-state index in [0.29, 0.717) is 5.75 Å². The summed E-state index contributed by atoms with van der Waals surface area (Å²) < 4.78 is 11.8. The molecule has 5 nitrogen and oxygen atoms in total. The first-order valence-electron chi connectivity index (χ1n) is 12.7. The van der Waals surface area contributed by atoms with Crippen molar-refractivity contribution in [1.29, 1.82) is 0 Å². The summed E-state index contributed by atoms with van der Waals surface area (Å²) in [5.74, 6) is 1.50. The van der Waals surface area contributed by atoms with Crippen LogP contribution >= 0.6 is 0 Å². The van der Waals surface area contributed by atoms with Crippen LogP contribution in [0.1, 0.15) is 83.6 Å². The molecule has 0 unspecified atom stereocenters. The topological polar surface area (TPSA) is 79.2 Å². The lowest BCUT2D eigenvalue weighted by atomic mass is 9.70. The molecule has 3 N–H and O–H groups in total. The number of hydrogen-bond acceptors (Lipinski definition) is 5. The first-order valence-corrected chi connectivity index (χ1v) is 12.7. The van der Waals surface area contributed by atoms with Crippen LogP contribution in [0.25, 0.3) is 0 Å². The van der Waals surface area contributed by atoms with Gasteiger partial charge < -0.3 is 24.8 Å². The number of ether oxygens (including phenoxy) is 2. The van der Waals surface area contributed by atoms with E-state index in [-0.39, 0.29) is 24.0 Å². The van der Waals surface area contributed by atoms with Gasteiger partial charge in [0.15, 0.2) is 0 Å². The highest BCUT2D eigenvalue weighted by atomic mass is 16.5. The second-order valence-corrected chi connectivity index (χ2v) is 11.4. The number of aliphatic hydroxyl groups is 3. The van der Waals surface area contributed by atoms with E-state index in [1.54, 1.807) is 13.8 Å². The van der Waals surface area contributed by atoms with Gasteiger partial charge in [-0.3, -0.25) is 0 Å². The Kier molecular flexibility index (Phi) is 9.43. The van der Waals surface area contributed by atoms with Crippen LogP contribution < -0.4 is 9.47 Å². The second-order valence-electron chi connectivity index (χ2n) is 11.4. The van der Waals surface area contributed by atoms with Crippen LogP contribution in [0.2, 0.25) is 0 Å². The minimum atomic E-state index is -1.22. The van der Waals surface area contributed by atoms with Crippen LogP contribution in [-0.4, -0.2) is 46.3 Å². The number of benzene rings is 2. The summed E-state index contributed by atoms with van der Waals surface area (Å²) in [6, 6.07) is 12.6. The van der Waals surface area contributed by atoms with Gasteiger partial charge in [-0.05, 0) is 80.3 Å². The second kappa shape index (κ2) is 11.3. The minimum Gasteiger partial charge on any atom is -0.491 e. The van der Waals surface area contributed by atoms with Crippen molar-refractivity contribution in [2.24, 2.45) is 5.41 Å². The van der Waals surface area contributed by atoms with Crippen molar-refractivity contribution in [2.45, 2.75) is 98.4 Å². The molecular weight excluding hydrogens is 440 g/mol. The fourth-order valence-corrected chi connectivity index (χ4v) is 4.24. The molecule has 0 aliphatic carbocycles. The Hall–Kier alpha value is -2.08. The Bertz CT molecular complexity index is 888. The summed E-state index contributed by atoms with van der Waals surface area (Å²) in [6.45, 7) is 17.9. The molecule has 196 valence electrons. The Morgan fingerprint density at radius 3 is 1.43 bits per heavy atom. The monoisotopic (exact) mass is 486 g/mol. The quantitative estimate of drug-likeness (QED) is 0.379. The molecule has 0 spiro atoms. The van der Waals surface area contributed by atoms with Crippen molar-refractivity contribution in [3.63, 3.8) is 0 Å². The van der Waals surface area contributed by atoms with Crippen molar-refractivity contribution in [1.82, 2.24) is 0 Å². The number of aliphatic hydroxyl groups excluding tert-OH is 2. The fraction of sp³-hybridized carbons (Fsp3) is 0.600. The van der Waals surface area contributed by atoms with Crippen molar-refractivity contribution < 1.29 is 24.8 Å². The molecule has 2 rings (SSSR count). The molecule has 2 aromatic carbocycles. The largest absolute Gasteiger partial charge is 0.491 e. The van der Waals surface area contributed by atoms with Crippen LogP contribution in [0, 0.1) is 19.3 Å². The molecule has 2 aromatic rings. The molecule has 5 heteroatoms. The zero-order valence-electron chi connectivity index (χ0n) is 23.1. The van der Waals surface area contributed by atoms with Crippen LogP contribution in [0.15, 0.2) is 36.4 Å². The van der Waals surface area contributed by atoms with Gasteiger partial charge in [-0.2, -0.15) is 0 Å². The first-order chi connectivity index (χ1) is 16.2. The van der Waals surface area contributed by atoms with E-state index in [1.165, 1.54) is 11.1 Å². The molecule has 0 saturated heterocycles. The van der Waals surface area contributed by atoms with E-state index in [9.17, 15) is 15.3 Å². The summed E-state index contributed by atoms with van der Waals surface area (Å²) >= 11 is 0. The number of rotatable bonds is 11. The fourth-order valence-electron chi connectivity index (χ4n) is 4.24. The van der Waals surface area contributed by atoms with Gasteiger partial charge in [-0.15, -0.1) is 0 Å². The predicted octanol–water partition coefficient (Wildman–Crippen LogP) is 5.71. The minimum absolute atomic E-state index is 0.0287. The third kappa shape index (κ3) is 6.99. The lowest BCUT2D eigenvalue weighted by Gasteiger charge is -2.34. The van der Waals surface area contributed by atoms with Gasteiger partial charge in [0, 0.05) is 5.41 Å². The maximum absolute atomic E-state index is 10.3. The van der Waals surface area contributed by atoms with Gasteiger partial charge in [0.05, 0.1) is 11.7 Å². The van der Waals surface area contributed by atoms with E-state index < -0.39 is 17.8 Å². The molecular formula is C30H46O5. The smallest absolute Gasteiger partial charge is 0.122 e. The van der Waals surface area contributed by atoms with E-state index in [2.05, 4.69) is 45.0 Å². The molecule has 0 aliphatic rings. The Balaban J connectivity index is 2.30. The van der Waals surface area contributed by atoms with Crippen molar-refractivity contribution >= 4 is 0 Å². The molecule has 0 saturated carbocycles. The Morgan fingerprint density at radius 2 is 1.11 bits per heavy atom. The summed E-state index contributed by atoms with van der Waals surface area (Å²) in [5.41, 5.74) is 2.88. The third-order valence-electron chi connectivity index (χ3n) is 7.27. The molecule has 0 heterocycles. The van der Waals surface area contributed by atoms with Gasteiger partial charge in [-0.25, -0.2) is 0 Å². The molecule has 0 radical (unpaired) electrons. The van der Waals surface area contributed by atoms with Crippen LogP contribution in [0.3, 0.4) is 0 Å². The maximum atomic E-state index is 10.3. The highest BCUT2D eigenvalue weighted by Gasteiger charge is 2.32. The lowest BCUT2D eigenvalue weighted by Crippen LogP contribution is -2.40. The van der Waals surface area contributed by atoms with Gasteiger partial charge in [-0.1, -0.05) is 58.9 Å². The van der Waals surface area contributed by atoms with Crippen LogP contribution in [-0.2, 0) is 5.41 Å². The summed E-state index contributed by atoms with van der Waals surface area (Å²) in [6.07, 6.45) is 0.353. The summed E-state index contributed by atoms with van der Waals surface area (Å²) in [5, 5.41) is 30.4. The normalized spacial score (nSPS) is 14.5. The molecule has 35 heavy (non-hydrogen) atoms. The van der Waals surface area contributed by atoms with Crippen LogP contribution in [0.5, 0.6) is 11.5 Å². The van der Waals surface area contributed by atoms with Crippen molar-refractivity contribution in [2.75, 3.05) is 13.2 Å². The van der Waals surface area contributed by atoms with Gasteiger partial charge in [0.2, 0.25) is 0 Å². The van der Waals surface area contributed by atoms with E-state index >= 15 is 0 Å². The summed E-state index contributed by atoms with van der Waals surface area (Å²) in [4.78, 5) is 0. The molecule has 2 atom stereocenters. The average Bonchev–Trinajstić information content (AvgIpc) is 2.77. The Labute approximate surface area is 212 Å².